The maximum atomic E-state index is 14.0. The first-order valence-corrected chi connectivity index (χ1v) is 20.8. The fourth-order valence-corrected chi connectivity index (χ4v) is 8.82. The molecule has 0 unspecified atom stereocenters. The molecule has 8 rings (SSSR count). The van der Waals surface area contributed by atoms with E-state index in [9.17, 15) is 19.2 Å². The van der Waals surface area contributed by atoms with Crippen LogP contribution in [0.25, 0.3) is 0 Å². The van der Waals surface area contributed by atoms with Gasteiger partial charge in [-0.15, -0.1) is 5.10 Å². The number of carbonyl (C=O) groups is 4. The van der Waals surface area contributed by atoms with Gasteiger partial charge in [0.2, 0.25) is 5.91 Å². The minimum atomic E-state index is -0.985. The molecule has 4 atom stereocenters. The van der Waals surface area contributed by atoms with E-state index >= 15 is 0 Å². The first-order chi connectivity index (χ1) is 28.2. The summed E-state index contributed by atoms with van der Waals surface area (Å²) in [6.45, 7) is 17.7. The van der Waals surface area contributed by atoms with Crippen LogP contribution in [0.1, 0.15) is 102 Å². The van der Waals surface area contributed by atoms with Crippen LogP contribution in [0.3, 0.4) is 0 Å². The van der Waals surface area contributed by atoms with Crippen molar-refractivity contribution in [3.63, 3.8) is 0 Å². The Morgan fingerprint density at radius 2 is 1.65 bits per heavy atom. The molecule has 1 amide bonds. The molecule has 5 fully saturated rings. The van der Waals surface area contributed by atoms with Crippen LogP contribution in [0.2, 0.25) is 6.32 Å². The molecule has 2 aliphatic heterocycles. The Kier molecular flexibility index (Phi) is 11.9. The molecule has 0 spiro atoms. The van der Waals surface area contributed by atoms with Gasteiger partial charge in [0.15, 0.2) is 5.75 Å². The summed E-state index contributed by atoms with van der Waals surface area (Å²) >= 11 is 0. The van der Waals surface area contributed by atoms with E-state index in [1.54, 1.807) is 58.6 Å². The fraction of sp³-hybridized carbons (Fsp3) is 0.591. The summed E-state index contributed by atoms with van der Waals surface area (Å²) in [7, 11) is -0.477. The first-order valence-electron chi connectivity index (χ1n) is 20.8. The molecule has 16 heteroatoms. The van der Waals surface area contributed by atoms with Crippen molar-refractivity contribution >= 4 is 31.1 Å². The molecule has 3 saturated carbocycles. The van der Waals surface area contributed by atoms with Crippen LogP contribution in [0.4, 0.5) is 4.79 Å². The zero-order valence-corrected chi connectivity index (χ0v) is 36.1. The Bertz CT molecular complexity index is 2090. The Labute approximate surface area is 351 Å². The van der Waals surface area contributed by atoms with Crippen molar-refractivity contribution in [3.05, 3.63) is 71.0 Å². The van der Waals surface area contributed by atoms with Crippen molar-refractivity contribution in [2.24, 2.45) is 17.3 Å². The standard InChI is InChI=1S/C44H57BN4O11/c1-41(2,3)57-39(52)37-32(55-31-23-48(24-31)35(50)21-30-22-49(47-46-30)25-36(51)54-26-27-13-11-10-12-14-27)16-15-28(38(37)56-40(53)58-42(4,5)6)17-18-45-59-34-20-29-19-33(43(29,7)8)44(34,9)60-45/h10-16,22,29,31,33-34H,17-21,23-26H2,1-9H3/t29-,33-,34+,44-/m0/s1. The van der Waals surface area contributed by atoms with E-state index in [0.29, 0.717) is 35.8 Å². The number of hydrogen-bond donors (Lipinski definition) is 0. The summed E-state index contributed by atoms with van der Waals surface area (Å²) in [5.74, 6) is -0.311. The number of aromatic nitrogens is 3. The Morgan fingerprint density at radius 3 is 2.33 bits per heavy atom. The van der Waals surface area contributed by atoms with Crippen molar-refractivity contribution in [1.29, 1.82) is 0 Å². The highest BCUT2D eigenvalue weighted by Crippen LogP contribution is 2.65. The van der Waals surface area contributed by atoms with Crippen LogP contribution in [-0.2, 0) is 59.1 Å². The van der Waals surface area contributed by atoms with E-state index in [1.807, 2.05) is 30.3 Å². The predicted octanol–water partition coefficient (Wildman–Crippen LogP) is 6.39. The second-order valence-corrected chi connectivity index (χ2v) is 19.2. The van der Waals surface area contributed by atoms with Crippen LogP contribution >= 0.6 is 0 Å². The average molecular weight is 829 g/mol. The minimum Gasteiger partial charge on any atom is -0.486 e. The molecule has 2 saturated heterocycles. The van der Waals surface area contributed by atoms with Crippen molar-refractivity contribution in [1.82, 2.24) is 19.9 Å². The Hall–Kier alpha value is -4.96. The number of ether oxygens (including phenoxy) is 5. The van der Waals surface area contributed by atoms with E-state index in [1.165, 1.54) is 10.9 Å². The molecule has 1 aromatic heterocycles. The summed E-state index contributed by atoms with van der Waals surface area (Å²) in [6.07, 6.45) is 2.94. The molecule has 2 bridgehead atoms. The third kappa shape index (κ3) is 9.65. The molecule has 15 nitrogen and oxygen atoms in total. The lowest BCUT2D eigenvalue weighted by atomic mass is 9.43. The highest BCUT2D eigenvalue weighted by Gasteiger charge is 2.67. The van der Waals surface area contributed by atoms with Gasteiger partial charge in [-0.2, -0.15) is 0 Å². The van der Waals surface area contributed by atoms with Crippen molar-refractivity contribution < 1.29 is 52.2 Å². The largest absolute Gasteiger partial charge is 0.514 e. The van der Waals surface area contributed by atoms with E-state index in [4.69, 9.17) is 33.0 Å². The van der Waals surface area contributed by atoms with Crippen molar-refractivity contribution in [2.45, 2.75) is 136 Å². The normalized spacial score (nSPS) is 23.2. The topological polar surface area (TPSA) is 167 Å². The van der Waals surface area contributed by atoms with E-state index in [-0.39, 0.29) is 72.8 Å². The third-order valence-electron chi connectivity index (χ3n) is 12.0. The molecule has 0 N–H and O–H groups in total. The summed E-state index contributed by atoms with van der Waals surface area (Å²) < 4.78 is 43.4. The Balaban J connectivity index is 1.02. The van der Waals surface area contributed by atoms with Crippen molar-refractivity contribution in [3.8, 4) is 11.5 Å². The van der Waals surface area contributed by atoms with Gasteiger partial charge in [-0.3, -0.25) is 9.59 Å². The lowest BCUT2D eigenvalue weighted by Gasteiger charge is -2.64. The second kappa shape index (κ2) is 16.5. The molecular weight excluding hydrogens is 771 g/mol. The lowest BCUT2D eigenvalue weighted by Crippen LogP contribution is -2.65. The Morgan fingerprint density at radius 1 is 0.933 bits per heavy atom. The number of aryl methyl sites for hydroxylation is 1. The van der Waals surface area contributed by atoms with Crippen LogP contribution < -0.4 is 9.47 Å². The fourth-order valence-electron chi connectivity index (χ4n) is 8.82. The van der Waals surface area contributed by atoms with Crippen LogP contribution in [0.5, 0.6) is 11.5 Å². The van der Waals surface area contributed by atoms with Gasteiger partial charge in [-0.05, 0) is 108 Å². The number of amides is 1. The first kappa shape index (κ1) is 43.1. The maximum absolute atomic E-state index is 14.0. The molecule has 5 aliphatic rings. The molecule has 322 valence electrons. The van der Waals surface area contributed by atoms with Crippen LogP contribution in [0.15, 0.2) is 48.7 Å². The monoisotopic (exact) mass is 828 g/mol. The van der Waals surface area contributed by atoms with E-state index in [0.717, 1.165) is 18.4 Å². The van der Waals surface area contributed by atoms with E-state index in [2.05, 4.69) is 31.1 Å². The SMILES string of the molecule is CC(C)(C)OC(=O)Oc1c(CCB2O[C@@H]3C[C@@H]4C[C@@H](C4(C)C)[C@]3(C)O2)ccc(OC2CN(C(=O)Cc3cn(CC(=O)OCc4ccccc4)nn3)C2)c1C(=O)OC(C)(C)C. The summed E-state index contributed by atoms with van der Waals surface area (Å²) in [5.41, 5.74) is -0.183. The van der Waals surface area contributed by atoms with Gasteiger partial charge >= 0.3 is 25.2 Å². The smallest absolute Gasteiger partial charge is 0.486 e. The van der Waals surface area contributed by atoms with Gasteiger partial charge < -0.3 is 37.9 Å². The highest BCUT2D eigenvalue weighted by atomic mass is 16.7. The number of carbonyl (C=O) groups excluding carboxylic acids is 4. The van der Waals surface area contributed by atoms with Gasteiger partial charge in [-0.25, -0.2) is 14.3 Å². The summed E-state index contributed by atoms with van der Waals surface area (Å²) in [6, 6.07) is 12.8. The average Bonchev–Trinajstić information content (AvgIpc) is 3.72. The van der Waals surface area contributed by atoms with Gasteiger partial charge in [0.05, 0.1) is 36.9 Å². The number of nitrogens with zero attached hydrogens (tertiary/aromatic N) is 4. The molecule has 3 aliphatic carbocycles. The molecule has 2 aromatic carbocycles. The number of hydrogen-bond acceptors (Lipinski definition) is 13. The summed E-state index contributed by atoms with van der Waals surface area (Å²) in [4.78, 5) is 54.5. The molecule has 3 heterocycles. The van der Waals surface area contributed by atoms with Gasteiger partial charge in [0, 0.05) is 6.20 Å². The van der Waals surface area contributed by atoms with Crippen LogP contribution in [0, 0.1) is 17.3 Å². The molecule has 0 radical (unpaired) electrons. The van der Waals surface area contributed by atoms with Crippen molar-refractivity contribution in [2.75, 3.05) is 13.1 Å². The maximum Gasteiger partial charge on any atom is 0.514 e. The minimum absolute atomic E-state index is 0.00824. The lowest BCUT2D eigenvalue weighted by molar-refractivity contribution is -0.199. The predicted molar refractivity (Wildman–Crippen MR) is 218 cm³/mol. The van der Waals surface area contributed by atoms with Gasteiger partial charge in [0.25, 0.3) is 0 Å². The molecule has 3 aromatic rings. The number of likely N-dealkylation sites (tertiary alicyclic amines) is 1. The molecule has 60 heavy (non-hydrogen) atoms. The van der Waals surface area contributed by atoms with Gasteiger partial charge in [-0.1, -0.05) is 55.5 Å². The number of benzene rings is 2. The number of rotatable bonds is 13. The van der Waals surface area contributed by atoms with Gasteiger partial charge in [0.1, 0.15) is 41.8 Å². The highest BCUT2D eigenvalue weighted by molar-refractivity contribution is 6.45. The zero-order valence-electron chi connectivity index (χ0n) is 36.1. The zero-order chi connectivity index (χ0) is 43.2. The molecular formula is C44H57BN4O11. The quantitative estimate of drug-likeness (QED) is 0.0806. The third-order valence-corrected chi connectivity index (χ3v) is 12.0. The number of esters is 2. The van der Waals surface area contributed by atoms with Crippen LogP contribution in [-0.4, -0.2) is 93.1 Å². The second-order valence-electron chi connectivity index (χ2n) is 19.2. The van der Waals surface area contributed by atoms with E-state index < -0.39 is 42.5 Å². The summed E-state index contributed by atoms with van der Waals surface area (Å²) in [5, 5.41) is 8.04.